The number of hydrogen-bond acceptors (Lipinski definition) is 5. The molecule has 9 heteroatoms. The van der Waals surface area contributed by atoms with Crippen molar-refractivity contribution in [3.63, 3.8) is 0 Å². The minimum absolute atomic E-state index is 0.0442. The van der Waals surface area contributed by atoms with E-state index in [4.69, 9.17) is 10.5 Å². The van der Waals surface area contributed by atoms with E-state index >= 15 is 0 Å². The summed E-state index contributed by atoms with van der Waals surface area (Å²) in [6.07, 6.45) is 3.76. The highest BCUT2D eigenvalue weighted by Gasteiger charge is 2.22. The van der Waals surface area contributed by atoms with Gasteiger partial charge < -0.3 is 15.0 Å². The molecule has 2 heterocycles. The predicted molar refractivity (Wildman–Crippen MR) is 144 cm³/mol. The van der Waals surface area contributed by atoms with Crippen LogP contribution in [-0.2, 0) is 22.6 Å². The highest BCUT2D eigenvalue weighted by Crippen LogP contribution is 2.30. The third-order valence-corrected chi connectivity index (χ3v) is 6.25. The molecule has 0 spiro atoms. The van der Waals surface area contributed by atoms with Crippen molar-refractivity contribution in [1.29, 1.82) is 0 Å². The first kappa shape index (κ1) is 25.0. The quantitative estimate of drug-likeness (QED) is 0.350. The number of ether oxygens (including phenoxy) is 1. The largest absolute Gasteiger partial charge is 0.383 e. The molecule has 0 aliphatic heterocycles. The van der Waals surface area contributed by atoms with Gasteiger partial charge in [-0.3, -0.25) is 24.0 Å². The number of aromatic nitrogens is 3. The Labute approximate surface area is 208 Å². The summed E-state index contributed by atoms with van der Waals surface area (Å²) in [4.78, 5) is 41.7. The monoisotopic (exact) mass is 489 g/mol. The maximum Gasteiger partial charge on any atom is 0.330 e. The molecule has 0 aliphatic carbocycles. The van der Waals surface area contributed by atoms with Gasteiger partial charge in [0.2, 0.25) is 0 Å². The number of nitrogens with one attached hydrogen (secondary N) is 1. The number of para-hydroxylation sites is 1. The maximum atomic E-state index is 13.3. The summed E-state index contributed by atoms with van der Waals surface area (Å²) in [7, 11) is 1.51. The summed E-state index contributed by atoms with van der Waals surface area (Å²) in [5.74, 6) is -0.487. The SMILES string of the molecule is CCCn1c(N)c(N(CCOC)C(=O)C=Cc2ccc3c(c2)c2ccccc2n3CC)c(=O)[nH]c1=O. The van der Waals surface area contributed by atoms with Gasteiger partial charge in [0.1, 0.15) is 5.82 Å². The molecule has 0 atom stereocenters. The van der Waals surface area contributed by atoms with Crippen molar-refractivity contribution in [2.75, 3.05) is 30.9 Å². The highest BCUT2D eigenvalue weighted by molar-refractivity contribution is 6.09. The van der Waals surface area contributed by atoms with Crippen LogP contribution in [0, 0.1) is 0 Å². The van der Waals surface area contributed by atoms with Gasteiger partial charge in [0.15, 0.2) is 5.69 Å². The van der Waals surface area contributed by atoms with Crippen molar-refractivity contribution < 1.29 is 9.53 Å². The number of carbonyl (C=O) groups is 1. The Bertz CT molecular complexity index is 1560. The lowest BCUT2D eigenvalue weighted by atomic mass is 10.1. The van der Waals surface area contributed by atoms with E-state index in [9.17, 15) is 14.4 Å². The fourth-order valence-corrected chi connectivity index (χ4v) is 4.57. The average molecular weight is 490 g/mol. The average Bonchev–Trinajstić information content (AvgIpc) is 3.19. The molecule has 188 valence electrons. The van der Waals surface area contributed by atoms with E-state index in [-0.39, 0.29) is 24.7 Å². The van der Waals surface area contributed by atoms with Crippen molar-refractivity contribution in [1.82, 2.24) is 14.1 Å². The number of benzene rings is 2. The zero-order valence-electron chi connectivity index (χ0n) is 20.8. The fraction of sp³-hybridized carbons (Fsp3) is 0.296. The van der Waals surface area contributed by atoms with E-state index in [0.717, 1.165) is 33.9 Å². The zero-order valence-corrected chi connectivity index (χ0v) is 20.8. The van der Waals surface area contributed by atoms with Crippen molar-refractivity contribution in [3.8, 4) is 0 Å². The van der Waals surface area contributed by atoms with Crippen LogP contribution in [0.4, 0.5) is 11.5 Å². The first-order valence-corrected chi connectivity index (χ1v) is 12.0. The van der Waals surface area contributed by atoms with Gasteiger partial charge in [-0.15, -0.1) is 0 Å². The smallest absolute Gasteiger partial charge is 0.330 e. The number of aromatic amines is 1. The van der Waals surface area contributed by atoms with Crippen molar-refractivity contribution in [2.45, 2.75) is 33.4 Å². The Balaban J connectivity index is 1.73. The number of nitrogens with zero attached hydrogens (tertiary/aromatic N) is 3. The van der Waals surface area contributed by atoms with Crippen molar-refractivity contribution in [3.05, 3.63) is 74.9 Å². The second-order valence-electron chi connectivity index (χ2n) is 8.50. The molecule has 2 aromatic carbocycles. The molecule has 3 N–H and O–H groups in total. The second-order valence-corrected chi connectivity index (χ2v) is 8.50. The van der Waals surface area contributed by atoms with Crippen molar-refractivity contribution in [2.24, 2.45) is 0 Å². The molecule has 1 amide bonds. The summed E-state index contributed by atoms with van der Waals surface area (Å²) >= 11 is 0. The first-order chi connectivity index (χ1) is 17.4. The summed E-state index contributed by atoms with van der Waals surface area (Å²) in [5.41, 5.74) is 7.97. The summed E-state index contributed by atoms with van der Waals surface area (Å²) in [6, 6.07) is 14.3. The normalized spacial score (nSPS) is 11.6. The van der Waals surface area contributed by atoms with Crippen LogP contribution < -0.4 is 21.9 Å². The molecular weight excluding hydrogens is 458 g/mol. The Morgan fingerprint density at radius 2 is 1.83 bits per heavy atom. The Morgan fingerprint density at radius 3 is 2.56 bits per heavy atom. The molecule has 0 saturated heterocycles. The minimum Gasteiger partial charge on any atom is -0.383 e. The lowest BCUT2D eigenvalue weighted by molar-refractivity contribution is -0.114. The predicted octanol–water partition coefficient (Wildman–Crippen LogP) is 3.35. The number of anilines is 2. The van der Waals surface area contributed by atoms with E-state index in [2.05, 4.69) is 40.7 Å². The molecule has 4 rings (SSSR count). The number of aryl methyl sites for hydroxylation is 1. The van der Waals surface area contributed by atoms with Crippen LogP contribution in [0.25, 0.3) is 27.9 Å². The summed E-state index contributed by atoms with van der Waals surface area (Å²) < 4.78 is 8.68. The molecule has 0 bridgehead atoms. The van der Waals surface area contributed by atoms with Crippen LogP contribution in [0.1, 0.15) is 25.8 Å². The molecule has 0 radical (unpaired) electrons. The number of fused-ring (bicyclic) bond motifs is 3. The number of nitrogens with two attached hydrogens (primary N) is 1. The van der Waals surface area contributed by atoms with Gasteiger partial charge >= 0.3 is 5.69 Å². The van der Waals surface area contributed by atoms with Gasteiger partial charge in [0.05, 0.1) is 6.61 Å². The fourth-order valence-electron chi connectivity index (χ4n) is 4.57. The summed E-state index contributed by atoms with van der Waals surface area (Å²) in [6.45, 7) is 5.46. The van der Waals surface area contributed by atoms with E-state index in [0.29, 0.717) is 13.0 Å². The Kier molecular flexibility index (Phi) is 7.40. The van der Waals surface area contributed by atoms with Gasteiger partial charge in [-0.25, -0.2) is 4.79 Å². The molecule has 4 aromatic rings. The van der Waals surface area contributed by atoms with E-state index in [1.807, 2.05) is 25.1 Å². The van der Waals surface area contributed by atoms with Crippen LogP contribution in [0.3, 0.4) is 0 Å². The molecule has 0 aliphatic rings. The molecule has 9 nitrogen and oxygen atoms in total. The van der Waals surface area contributed by atoms with Crippen molar-refractivity contribution >= 4 is 45.3 Å². The molecule has 0 saturated carbocycles. The van der Waals surface area contributed by atoms with Crippen LogP contribution in [0.5, 0.6) is 0 Å². The van der Waals surface area contributed by atoms with Crippen LogP contribution in [-0.4, -0.2) is 40.3 Å². The highest BCUT2D eigenvalue weighted by atomic mass is 16.5. The molecule has 36 heavy (non-hydrogen) atoms. The summed E-state index contributed by atoms with van der Waals surface area (Å²) in [5, 5.41) is 2.25. The third-order valence-electron chi connectivity index (χ3n) is 6.25. The zero-order chi connectivity index (χ0) is 25.8. The Morgan fingerprint density at radius 1 is 1.08 bits per heavy atom. The number of H-pyrrole nitrogens is 1. The van der Waals surface area contributed by atoms with Gasteiger partial charge in [-0.05, 0) is 43.2 Å². The minimum atomic E-state index is -0.712. The number of amides is 1. The van der Waals surface area contributed by atoms with Crippen LogP contribution >= 0.6 is 0 Å². The van der Waals surface area contributed by atoms with Gasteiger partial charge in [-0.1, -0.05) is 31.2 Å². The number of hydrogen-bond donors (Lipinski definition) is 2. The van der Waals surface area contributed by atoms with Gasteiger partial charge in [0, 0.05) is 54.6 Å². The first-order valence-electron chi connectivity index (χ1n) is 12.0. The number of carbonyl (C=O) groups excluding carboxylic acids is 1. The van der Waals surface area contributed by atoms with E-state index in [1.165, 1.54) is 22.7 Å². The topological polar surface area (TPSA) is 115 Å². The Hall–Kier alpha value is -4.11. The second kappa shape index (κ2) is 10.7. The standard InChI is InChI=1S/C27H31N5O4/c1-4-14-32-25(28)24(26(34)29-27(32)35)31(15-16-36-3)23(33)13-11-18-10-12-22-20(17-18)19-8-6-7-9-21(19)30(22)5-2/h6-13,17H,4-5,14-16,28H2,1-3H3,(H,29,34,35). The van der Waals surface area contributed by atoms with Gasteiger partial charge in [0.25, 0.3) is 11.5 Å². The maximum absolute atomic E-state index is 13.3. The number of rotatable bonds is 9. The van der Waals surface area contributed by atoms with Crippen LogP contribution in [0.15, 0.2) is 58.1 Å². The van der Waals surface area contributed by atoms with Crippen LogP contribution in [0.2, 0.25) is 0 Å². The molecule has 0 unspecified atom stereocenters. The molecular formula is C27H31N5O4. The third kappa shape index (κ3) is 4.57. The number of nitrogen functional groups attached to an aromatic ring is 1. The van der Waals surface area contributed by atoms with Gasteiger partial charge in [-0.2, -0.15) is 0 Å². The van der Waals surface area contributed by atoms with E-state index < -0.39 is 17.2 Å². The molecule has 2 aromatic heterocycles. The lowest BCUT2D eigenvalue weighted by Gasteiger charge is -2.23. The van der Waals surface area contributed by atoms with E-state index in [1.54, 1.807) is 6.08 Å². The lowest BCUT2D eigenvalue weighted by Crippen LogP contribution is -2.42. The molecule has 0 fully saturated rings. The number of methoxy groups -OCH3 is 1.